The van der Waals surface area contributed by atoms with Gasteiger partial charge >= 0.3 is 0 Å². The quantitative estimate of drug-likeness (QED) is 0.511. The zero-order chi connectivity index (χ0) is 19.1. The molecule has 3 aromatic heterocycles. The van der Waals surface area contributed by atoms with E-state index in [4.69, 9.17) is 10.7 Å². The van der Waals surface area contributed by atoms with Gasteiger partial charge in [-0.25, -0.2) is 14.4 Å². The Balaban J connectivity index is 1.42. The van der Waals surface area contributed by atoms with Crippen molar-refractivity contribution in [3.63, 3.8) is 0 Å². The van der Waals surface area contributed by atoms with Crippen molar-refractivity contribution in [3.05, 3.63) is 46.3 Å². The molecule has 28 heavy (non-hydrogen) atoms. The number of benzene rings is 1. The predicted octanol–water partition coefficient (Wildman–Crippen LogP) is 3.56. The van der Waals surface area contributed by atoms with Crippen molar-refractivity contribution < 1.29 is 4.39 Å². The maximum Gasteiger partial charge on any atom is 0.214 e. The summed E-state index contributed by atoms with van der Waals surface area (Å²) >= 11 is 3.11. The van der Waals surface area contributed by atoms with Gasteiger partial charge in [-0.1, -0.05) is 17.8 Å². The Kier molecular flexibility index (Phi) is 4.44. The maximum atomic E-state index is 13.5. The summed E-state index contributed by atoms with van der Waals surface area (Å²) in [5.41, 5.74) is 8.17. The lowest BCUT2D eigenvalue weighted by Gasteiger charge is -2.10. The summed E-state index contributed by atoms with van der Waals surface area (Å²) in [6.45, 7) is 0. The summed E-state index contributed by atoms with van der Waals surface area (Å²) < 4.78 is 15.0. The first kappa shape index (κ1) is 17.5. The highest BCUT2D eigenvalue weighted by molar-refractivity contribution is 7.98. The van der Waals surface area contributed by atoms with Crippen LogP contribution in [0.3, 0.4) is 0 Å². The second-order valence-corrected chi connectivity index (χ2v) is 8.58. The van der Waals surface area contributed by atoms with Crippen LogP contribution in [-0.2, 0) is 18.6 Å². The van der Waals surface area contributed by atoms with Crippen LogP contribution in [0.5, 0.6) is 0 Å². The minimum Gasteiger partial charge on any atom is -0.383 e. The van der Waals surface area contributed by atoms with Crippen LogP contribution in [0.1, 0.15) is 29.1 Å². The fraction of sp³-hybridized carbons (Fsp3) is 0.278. The second-order valence-electron chi connectivity index (χ2n) is 6.56. The number of rotatable bonds is 4. The molecule has 3 heterocycles. The van der Waals surface area contributed by atoms with Crippen molar-refractivity contribution in [2.45, 2.75) is 36.6 Å². The lowest BCUT2D eigenvalue weighted by Crippen LogP contribution is -2.03. The molecule has 0 radical (unpaired) electrons. The molecular weight excluding hydrogens is 397 g/mol. The van der Waals surface area contributed by atoms with E-state index in [1.54, 1.807) is 23.5 Å². The van der Waals surface area contributed by atoms with Crippen LogP contribution >= 0.6 is 23.1 Å². The molecule has 0 saturated carbocycles. The average Bonchev–Trinajstić information content (AvgIpc) is 3.30. The molecule has 0 unspecified atom stereocenters. The van der Waals surface area contributed by atoms with E-state index in [0.717, 1.165) is 23.1 Å². The number of nitrogens with two attached hydrogens (primary N) is 1. The number of thiophene rings is 1. The third-order valence-corrected chi connectivity index (χ3v) is 6.81. The molecule has 10 heteroatoms. The number of aromatic nitrogens is 6. The van der Waals surface area contributed by atoms with Gasteiger partial charge in [0.15, 0.2) is 0 Å². The molecule has 142 valence electrons. The van der Waals surface area contributed by atoms with Crippen LogP contribution in [0.2, 0.25) is 0 Å². The largest absolute Gasteiger partial charge is 0.383 e. The zero-order valence-electron chi connectivity index (χ0n) is 14.8. The Morgan fingerprint density at radius 1 is 1.21 bits per heavy atom. The normalized spacial score (nSPS) is 13.8. The average molecular weight is 414 g/mol. The third-order valence-electron chi connectivity index (χ3n) is 4.71. The standard InChI is InChI=1S/C18H16FN7S2/c19-10-4-3-5-11(8-10)26-18(23-24-25-26)27-9-14-21-16(20)15-12-6-1-2-7-13(12)28-17(15)22-14/h3-5,8H,1-2,6-7,9H2,(H2,20,21,22). The monoisotopic (exact) mass is 413 g/mol. The van der Waals surface area contributed by atoms with E-state index < -0.39 is 0 Å². The molecule has 0 spiro atoms. The van der Waals surface area contributed by atoms with E-state index in [1.165, 1.54) is 51.9 Å². The van der Waals surface area contributed by atoms with Crippen molar-refractivity contribution in [2.75, 3.05) is 5.73 Å². The first-order valence-electron chi connectivity index (χ1n) is 8.93. The van der Waals surface area contributed by atoms with Gasteiger partial charge in [-0.2, -0.15) is 4.68 Å². The minimum absolute atomic E-state index is 0.341. The summed E-state index contributed by atoms with van der Waals surface area (Å²) in [6.07, 6.45) is 4.57. The SMILES string of the molecule is Nc1nc(CSc2nnnn2-c2cccc(F)c2)nc2sc3c(c12)CCCC3. The van der Waals surface area contributed by atoms with Gasteiger partial charge in [-0.15, -0.1) is 16.4 Å². The number of nitrogens with zero attached hydrogens (tertiary/aromatic N) is 6. The molecule has 1 aliphatic carbocycles. The van der Waals surface area contributed by atoms with Gasteiger partial charge < -0.3 is 5.73 Å². The number of hydrogen-bond donors (Lipinski definition) is 1. The summed E-state index contributed by atoms with van der Waals surface area (Å²) in [4.78, 5) is 11.6. The lowest BCUT2D eigenvalue weighted by atomic mass is 9.97. The Morgan fingerprint density at radius 3 is 3.00 bits per heavy atom. The van der Waals surface area contributed by atoms with Crippen molar-refractivity contribution in [1.29, 1.82) is 0 Å². The molecule has 0 amide bonds. The maximum absolute atomic E-state index is 13.5. The highest BCUT2D eigenvalue weighted by Crippen LogP contribution is 2.38. The molecule has 0 bridgehead atoms. The van der Waals surface area contributed by atoms with Gasteiger partial charge in [-0.3, -0.25) is 0 Å². The summed E-state index contributed by atoms with van der Waals surface area (Å²) in [5, 5.41) is 13.3. The molecule has 0 saturated heterocycles. The Morgan fingerprint density at radius 2 is 2.11 bits per heavy atom. The minimum atomic E-state index is -0.341. The fourth-order valence-corrected chi connectivity index (χ4v) is 5.50. The molecule has 0 aliphatic heterocycles. The van der Waals surface area contributed by atoms with E-state index in [0.29, 0.717) is 28.2 Å². The van der Waals surface area contributed by atoms with E-state index >= 15 is 0 Å². The van der Waals surface area contributed by atoms with Crippen LogP contribution in [0.4, 0.5) is 10.2 Å². The summed E-state index contributed by atoms with van der Waals surface area (Å²) in [5.74, 6) is 1.32. The molecule has 4 aromatic rings. The number of thioether (sulfide) groups is 1. The van der Waals surface area contributed by atoms with Gasteiger partial charge in [0, 0.05) is 4.88 Å². The molecule has 2 N–H and O–H groups in total. The van der Waals surface area contributed by atoms with Crippen LogP contribution in [0.25, 0.3) is 15.9 Å². The Hall–Kier alpha value is -2.59. The van der Waals surface area contributed by atoms with E-state index in [2.05, 4.69) is 20.5 Å². The van der Waals surface area contributed by atoms with E-state index in [9.17, 15) is 4.39 Å². The van der Waals surface area contributed by atoms with Gasteiger partial charge in [0.25, 0.3) is 0 Å². The van der Waals surface area contributed by atoms with Crippen LogP contribution in [0.15, 0.2) is 29.4 Å². The predicted molar refractivity (Wildman–Crippen MR) is 107 cm³/mol. The Bertz CT molecular complexity index is 1170. The molecule has 0 fully saturated rings. The van der Waals surface area contributed by atoms with Gasteiger partial charge in [-0.05, 0) is 59.9 Å². The van der Waals surface area contributed by atoms with Gasteiger partial charge in [0.05, 0.1) is 16.8 Å². The highest BCUT2D eigenvalue weighted by Gasteiger charge is 2.20. The number of halogens is 1. The number of fused-ring (bicyclic) bond motifs is 3. The highest BCUT2D eigenvalue weighted by atomic mass is 32.2. The summed E-state index contributed by atoms with van der Waals surface area (Å²) in [7, 11) is 0. The van der Waals surface area contributed by atoms with Crippen LogP contribution < -0.4 is 5.73 Å². The number of aryl methyl sites for hydroxylation is 2. The first-order valence-corrected chi connectivity index (χ1v) is 10.7. The van der Waals surface area contributed by atoms with Crippen molar-refractivity contribution in [3.8, 4) is 5.69 Å². The molecule has 5 rings (SSSR count). The molecular formula is C18H16FN7S2. The van der Waals surface area contributed by atoms with Gasteiger partial charge in [0.1, 0.15) is 22.3 Å². The fourth-order valence-electron chi connectivity index (χ4n) is 3.46. The molecule has 0 atom stereocenters. The summed E-state index contributed by atoms with van der Waals surface area (Å²) in [6, 6.07) is 6.14. The number of tetrazole rings is 1. The number of hydrogen-bond acceptors (Lipinski definition) is 8. The zero-order valence-corrected chi connectivity index (χ0v) is 16.4. The number of anilines is 1. The van der Waals surface area contributed by atoms with Crippen molar-refractivity contribution >= 4 is 39.1 Å². The Labute approximate surface area is 168 Å². The smallest absolute Gasteiger partial charge is 0.214 e. The van der Waals surface area contributed by atoms with Crippen molar-refractivity contribution in [2.24, 2.45) is 0 Å². The lowest BCUT2D eigenvalue weighted by molar-refractivity contribution is 0.623. The van der Waals surface area contributed by atoms with Gasteiger partial charge in [0.2, 0.25) is 5.16 Å². The molecule has 1 aliphatic rings. The van der Waals surface area contributed by atoms with E-state index in [-0.39, 0.29) is 5.82 Å². The molecule has 1 aromatic carbocycles. The topological polar surface area (TPSA) is 95.4 Å². The van der Waals surface area contributed by atoms with Crippen LogP contribution in [-0.4, -0.2) is 30.2 Å². The van der Waals surface area contributed by atoms with Crippen molar-refractivity contribution in [1.82, 2.24) is 30.2 Å². The third kappa shape index (κ3) is 3.12. The van der Waals surface area contributed by atoms with E-state index in [1.807, 2.05) is 0 Å². The van der Waals surface area contributed by atoms with Crippen LogP contribution in [0, 0.1) is 5.82 Å². The first-order chi connectivity index (χ1) is 13.7. The number of nitrogen functional groups attached to an aromatic ring is 1. The second kappa shape index (κ2) is 7.10. The molecule has 7 nitrogen and oxygen atoms in total.